The quantitative estimate of drug-likeness (QED) is 0.386. The van der Waals surface area contributed by atoms with Gasteiger partial charge < -0.3 is 19.6 Å². The topological polar surface area (TPSA) is 103 Å². The van der Waals surface area contributed by atoms with Crippen molar-refractivity contribution in [3.05, 3.63) is 72.4 Å². The van der Waals surface area contributed by atoms with Crippen LogP contribution in [0.4, 0.5) is 5.82 Å². The number of fused-ring (bicyclic) bond motifs is 2. The third-order valence-electron chi connectivity index (χ3n) is 9.21. The Balaban J connectivity index is 1.09. The average Bonchev–Trinajstić information content (AvgIpc) is 3.66. The van der Waals surface area contributed by atoms with E-state index in [1.54, 1.807) is 16.9 Å². The fraction of sp³-hybridized carbons (Fsp3) is 0.438. The summed E-state index contributed by atoms with van der Waals surface area (Å²) in [5, 5.41) is 25.4. The molecule has 2 atom stereocenters. The van der Waals surface area contributed by atoms with Gasteiger partial charge in [0.15, 0.2) is 0 Å². The number of nitrogens with zero attached hydrogens (tertiary/aromatic N) is 7. The SMILES string of the molecule is CN1CC2CC(Oc3cc(-c4ccc(N5CCC(O)(Cc6ccccn6)CC5)nc4)c4c(C#N)cnn4c3)CC2C1. The molecule has 0 radical (unpaired) electrons. The lowest BCUT2D eigenvalue weighted by molar-refractivity contribution is 0.0156. The van der Waals surface area contributed by atoms with Gasteiger partial charge in [0.05, 0.1) is 35.2 Å². The second-order valence-electron chi connectivity index (χ2n) is 12.1. The molecule has 0 aromatic carbocycles. The highest BCUT2D eigenvalue weighted by atomic mass is 16.5. The molecule has 2 unspecified atom stereocenters. The van der Waals surface area contributed by atoms with Crippen LogP contribution in [0, 0.1) is 23.2 Å². The summed E-state index contributed by atoms with van der Waals surface area (Å²) in [6.07, 6.45) is 11.4. The van der Waals surface area contributed by atoms with Crippen LogP contribution < -0.4 is 9.64 Å². The molecule has 1 saturated carbocycles. The van der Waals surface area contributed by atoms with Crippen molar-refractivity contribution in [3.63, 3.8) is 0 Å². The van der Waals surface area contributed by atoms with Gasteiger partial charge in [-0.2, -0.15) is 10.4 Å². The van der Waals surface area contributed by atoms with Crippen molar-refractivity contribution >= 4 is 11.3 Å². The standard InChI is InChI=1S/C32H35N7O2/c1-37-19-23-12-27(13-24(23)20-37)41-28-14-29(31-25(16-33)18-36-39(31)21-28)22-5-6-30(35-17-22)38-10-7-32(40,8-11-38)15-26-4-2-3-9-34-26/h2-6,9,14,17-18,21,23-24,27,40H,7-8,10-13,15,19-20H2,1H3. The zero-order valence-corrected chi connectivity index (χ0v) is 23.4. The van der Waals surface area contributed by atoms with Crippen LogP contribution in [-0.4, -0.2) is 74.5 Å². The van der Waals surface area contributed by atoms with E-state index < -0.39 is 5.60 Å². The van der Waals surface area contributed by atoms with E-state index in [0.29, 0.717) is 36.7 Å². The van der Waals surface area contributed by atoms with Gasteiger partial charge in [-0.05, 0) is 74.9 Å². The van der Waals surface area contributed by atoms with Crippen molar-refractivity contribution in [3.8, 4) is 22.9 Å². The second kappa shape index (κ2) is 10.4. The first-order valence-electron chi connectivity index (χ1n) is 14.6. The zero-order valence-electron chi connectivity index (χ0n) is 23.4. The number of hydrogen-bond acceptors (Lipinski definition) is 8. The Morgan fingerprint density at radius 2 is 1.88 bits per heavy atom. The molecule has 3 fully saturated rings. The van der Waals surface area contributed by atoms with E-state index in [4.69, 9.17) is 9.72 Å². The van der Waals surface area contributed by atoms with Crippen LogP contribution in [0.15, 0.2) is 61.2 Å². The van der Waals surface area contributed by atoms with E-state index >= 15 is 0 Å². The van der Waals surface area contributed by atoms with Crippen LogP contribution in [0.2, 0.25) is 0 Å². The van der Waals surface area contributed by atoms with Gasteiger partial charge in [-0.1, -0.05) is 6.07 Å². The lowest BCUT2D eigenvalue weighted by Crippen LogP contribution is -2.46. The molecule has 3 aliphatic rings. The fourth-order valence-electron chi connectivity index (χ4n) is 7.13. The molecule has 1 N–H and O–H groups in total. The molecule has 0 bridgehead atoms. The molecule has 7 rings (SSSR count). The van der Waals surface area contributed by atoms with Crippen molar-refractivity contribution in [2.24, 2.45) is 11.8 Å². The van der Waals surface area contributed by atoms with E-state index in [2.05, 4.69) is 39.1 Å². The minimum absolute atomic E-state index is 0.200. The summed E-state index contributed by atoms with van der Waals surface area (Å²) in [6.45, 7) is 3.75. The number of hydrogen-bond donors (Lipinski definition) is 1. The molecule has 2 saturated heterocycles. The molecular formula is C32H35N7O2. The number of nitriles is 1. The Bertz CT molecular complexity index is 1560. The Morgan fingerprint density at radius 3 is 2.56 bits per heavy atom. The molecule has 4 aromatic rings. The third kappa shape index (κ3) is 5.14. The molecule has 9 nitrogen and oxygen atoms in total. The van der Waals surface area contributed by atoms with Crippen LogP contribution in [-0.2, 0) is 6.42 Å². The molecule has 2 aliphatic heterocycles. The second-order valence-corrected chi connectivity index (χ2v) is 12.1. The van der Waals surface area contributed by atoms with E-state index in [1.165, 1.54) is 0 Å². The minimum atomic E-state index is -0.750. The maximum Gasteiger partial charge on any atom is 0.138 e. The third-order valence-corrected chi connectivity index (χ3v) is 9.21. The fourth-order valence-corrected chi connectivity index (χ4v) is 7.13. The van der Waals surface area contributed by atoms with E-state index in [0.717, 1.165) is 72.9 Å². The van der Waals surface area contributed by atoms with Crippen LogP contribution in [0.5, 0.6) is 5.75 Å². The van der Waals surface area contributed by atoms with E-state index in [9.17, 15) is 10.4 Å². The summed E-state index contributed by atoms with van der Waals surface area (Å²) < 4.78 is 8.28. The number of aromatic nitrogens is 4. The van der Waals surface area contributed by atoms with Gasteiger partial charge in [-0.3, -0.25) is 4.98 Å². The molecule has 0 amide bonds. The Kier molecular flexibility index (Phi) is 6.60. The predicted octanol–water partition coefficient (Wildman–Crippen LogP) is 3.96. The van der Waals surface area contributed by atoms with Crippen LogP contribution in [0.1, 0.15) is 36.9 Å². The number of piperidine rings is 1. The number of likely N-dealkylation sites (tertiary alicyclic amines) is 1. The molecule has 6 heterocycles. The van der Waals surface area contributed by atoms with Crippen molar-refractivity contribution in [1.82, 2.24) is 24.5 Å². The summed E-state index contributed by atoms with van der Waals surface area (Å²) in [4.78, 5) is 13.8. The molecule has 1 aliphatic carbocycles. The van der Waals surface area contributed by atoms with Crippen LogP contribution in [0.25, 0.3) is 16.6 Å². The van der Waals surface area contributed by atoms with Gasteiger partial charge in [0.25, 0.3) is 0 Å². The van der Waals surface area contributed by atoms with Crippen molar-refractivity contribution in [1.29, 1.82) is 5.26 Å². The van der Waals surface area contributed by atoms with Crippen molar-refractivity contribution < 1.29 is 9.84 Å². The predicted molar refractivity (Wildman–Crippen MR) is 156 cm³/mol. The molecule has 210 valence electrons. The highest BCUT2D eigenvalue weighted by Crippen LogP contribution is 2.40. The highest BCUT2D eigenvalue weighted by molar-refractivity contribution is 5.85. The molecule has 0 spiro atoms. The molecule has 9 heteroatoms. The van der Waals surface area contributed by atoms with Gasteiger partial charge in [-0.25, -0.2) is 9.50 Å². The molecule has 4 aromatic heterocycles. The average molecular weight is 550 g/mol. The number of anilines is 1. The molecule has 41 heavy (non-hydrogen) atoms. The first-order valence-corrected chi connectivity index (χ1v) is 14.6. The van der Waals surface area contributed by atoms with Crippen molar-refractivity contribution in [2.75, 3.05) is 38.1 Å². The summed E-state index contributed by atoms with van der Waals surface area (Å²) in [6, 6.07) is 14.2. The van der Waals surface area contributed by atoms with Gasteiger partial charge in [0, 0.05) is 61.8 Å². The smallest absolute Gasteiger partial charge is 0.138 e. The summed E-state index contributed by atoms with van der Waals surface area (Å²) in [7, 11) is 2.20. The first-order chi connectivity index (χ1) is 20.0. The first kappa shape index (κ1) is 25.9. The van der Waals surface area contributed by atoms with Gasteiger partial charge in [0.1, 0.15) is 17.6 Å². The Morgan fingerprint density at radius 1 is 1.07 bits per heavy atom. The summed E-state index contributed by atoms with van der Waals surface area (Å²) >= 11 is 0. The monoisotopic (exact) mass is 549 g/mol. The molecular weight excluding hydrogens is 514 g/mol. The van der Waals surface area contributed by atoms with Gasteiger partial charge in [-0.15, -0.1) is 0 Å². The lowest BCUT2D eigenvalue weighted by atomic mass is 9.87. The minimum Gasteiger partial charge on any atom is -0.489 e. The number of rotatable bonds is 6. The maximum atomic E-state index is 11.2. The normalized spacial score (nSPS) is 23.9. The highest BCUT2D eigenvalue weighted by Gasteiger charge is 2.40. The van der Waals surface area contributed by atoms with E-state index in [-0.39, 0.29) is 6.10 Å². The van der Waals surface area contributed by atoms with Crippen molar-refractivity contribution in [2.45, 2.75) is 43.8 Å². The van der Waals surface area contributed by atoms with Crippen LogP contribution in [0.3, 0.4) is 0 Å². The number of pyridine rings is 3. The Labute approximate surface area is 240 Å². The zero-order chi connectivity index (χ0) is 28.0. The van der Waals surface area contributed by atoms with Gasteiger partial charge >= 0.3 is 0 Å². The number of ether oxygens (including phenoxy) is 1. The largest absolute Gasteiger partial charge is 0.489 e. The lowest BCUT2D eigenvalue weighted by Gasteiger charge is -2.38. The van der Waals surface area contributed by atoms with E-state index in [1.807, 2.05) is 42.7 Å². The van der Waals surface area contributed by atoms with Gasteiger partial charge in [0.2, 0.25) is 0 Å². The summed E-state index contributed by atoms with van der Waals surface area (Å²) in [5.41, 5.74) is 3.25. The van der Waals surface area contributed by atoms with Crippen LogP contribution >= 0.6 is 0 Å². The maximum absolute atomic E-state index is 11.2. The Hall–Kier alpha value is -4.00. The summed E-state index contributed by atoms with van der Waals surface area (Å²) in [5.74, 6) is 3.07. The number of aliphatic hydroxyl groups is 1.